The van der Waals surface area contributed by atoms with Crippen LogP contribution < -0.4 is 11.1 Å². The van der Waals surface area contributed by atoms with Gasteiger partial charge in [-0.15, -0.1) is 10.2 Å². The van der Waals surface area contributed by atoms with Gasteiger partial charge in [-0.3, -0.25) is 9.36 Å². The first kappa shape index (κ1) is 13.8. The highest BCUT2D eigenvalue weighted by Gasteiger charge is 2.12. The Labute approximate surface area is 105 Å². The fourth-order valence-corrected chi connectivity index (χ4v) is 2.41. The van der Waals surface area contributed by atoms with E-state index in [1.54, 1.807) is 18.8 Å². The van der Waals surface area contributed by atoms with Crippen molar-refractivity contribution in [2.75, 3.05) is 18.5 Å². The summed E-state index contributed by atoms with van der Waals surface area (Å²) in [4.78, 5) is 11.0. The molecule has 0 fully saturated rings. The average molecular weight is 257 g/mol. The van der Waals surface area contributed by atoms with Crippen LogP contribution in [0.2, 0.25) is 0 Å². The number of rotatable bonds is 6. The van der Waals surface area contributed by atoms with E-state index in [0.29, 0.717) is 12.4 Å². The molecular formula is C10H19N5OS. The van der Waals surface area contributed by atoms with E-state index in [9.17, 15) is 4.79 Å². The molecule has 1 aromatic heterocycles. The number of nitrogens with zero attached hydrogens (tertiary/aromatic N) is 3. The molecule has 1 aromatic rings. The standard InChI is InChI=1S/C10H19N5OS/c1-7(2)15-9(11)13-14-10(15)17-6-4-5-8(16)12-3/h7H,4-6H2,1-3H3,(H2,11,13)(H,12,16). The zero-order valence-electron chi connectivity index (χ0n) is 10.4. The van der Waals surface area contributed by atoms with Gasteiger partial charge in [-0.1, -0.05) is 11.8 Å². The third kappa shape index (κ3) is 3.92. The van der Waals surface area contributed by atoms with Crippen molar-refractivity contribution in [3.05, 3.63) is 0 Å². The zero-order valence-corrected chi connectivity index (χ0v) is 11.3. The van der Waals surface area contributed by atoms with Crippen LogP contribution in [0, 0.1) is 0 Å². The molecule has 0 saturated carbocycles. The van der Waals surface area contributed by atoms with Crippen molar-refractivity contribution in [2.24, 2.45) is 0 Å². The molecule has 96 valence electrons. The number of nitrogens with one attached hydrogen (secondary N) is 1. The van der Waals surface area contributed by atoms with E-state index >= 15 is 0 Å². The molecule has 0 spiro atoms. The fourth-order valence-electron chi connectivity index (χ4n) is 1.39. The van der Waals surface area contributed by atoms with E-state index in [-0.39, 0.29) is 11.9 Å². The van der Waals surface area contributed by atoms with Gasteiger partial charge in [0.05, 0.1) is 0 Å². The van der Waals surface area contributed by atoms with E-state index in [1.165, 1.54) is 0 Å². The van der Waals surface area contributed by atoms with Crippen LogP contribution in [0.15, 0.2) is 5.16 Å². The molecule has 1 amide bonds. The Bertz CT molecular complexity index is 377. The largest absolute Gasteiger partial charge is 0.368 e. The van der Waals surface area contributed by atoms with Gasteiger partial charge in [0.2, 0.25) is 11.9 Å². The lowest BCUT2D eigenvalue weighted by atomic mass is 10.3. The summed E-state index contributed by atoms with van der Waals surface area (Å²) in [6.07, 6.45) is 1.35. The number of aromatic nitrogens is 3. The molecule has 0 aliphatic heterocycles. The first-order chi connectivity index (χ1) is 8.06. The minimum Gasteiger partial charge on any atom is -0.368 e. The molecule has 0 aromatic carbocycles. The van der Waals surface area contributed by atoms with Crippen molar-refractivity contribution >= 4 is 23.6 Å². The predicted octanol–water partition coefficient (Wildman–Crippen LogP) is 1.06. The van der Waals surface area contributed by atoms with Crippen LogP contribution in [0.25, 0.3) is 0 Å². The third-order valence-corrected chi connectivity index (χ3v) is 3.29. The Morgan fingerprint density at radius 1 is 1.53 bits per heavy atom. The van der Waals surface area contributed by atoms with Crippen LogP contribution in [0.1, 0.15) is 32.7 Å². The van der Waals surface area contributed by atoms with E-state index in [0.717, 1.165) is 17.3 Å². The number of carbonyl (C=O) groups is 1. The maximum Gasteiger partial charge on any atom is 0.222 e. The predicted molar refractivity (Wildman–Crippen MR) is 68.8 cm³/mol. The van der Waals surface area contributed by atoms with Crippen molar-refractivity contribution < 1.29 is 4.79 Å². The molecule has 1 rings (SSSR count). The number of carbonyl (C=O) groups excluding carboxylic acids is 1. The summed E-state index contributed by atoms with van der Waals surface area (Å²) in [5, 5.41) is 11.3. The molecule has 0 atom stereocenters. The molecule has 3 N–H and O–H groups in total. The van der Waals surface area contributed by atoms with Crippen molar-refractivity contribution in [3.8, 4) is 0 Å². The van der Waals surface area contributed by atoms with Gasteiger partial charge in [0.25, 0.3) is 0 Å². The maximum absolute atomic E-state index is 11.0. The number of nitrogens with two attached hydrogens (primary N) is 1. The molecule has 7 heteroatoms. The van der Waals surface area contributed by atoms with Gasteiger partial charge in [-0.25, -0.2) is 0 Å². The molecule has 0 radical (unpaired) electrons. The summed E-state index contributed by atoms with van der Waals surface area (Å²) in [5.41, 5.74) is 5.73. The highest BCUT2D eigenvalue weighted by molar-refractivity contribution is 7.99. The lowest BCUT2D eigenvalue weighted by molar-refractivity contribution is -0.120. The summed E-state index contributed by atoms with van der Waals surface area (Å²) < 4.78 is 1.89. The van der Waals surface area contributed by atoms with Gasteiger partial charge in [-0.05, 0) is 20.3 Å². The van der Waals surface area contributed by atoms with E-state index in [1.807, 2.05) is 18.4 Å². The molecule has 0 unspecified atom stereocenters. The first-order valence-electron chi connectivity index (χ1n) is 5.60. The van der Waals surface area contributed by atoms with Gasteiger partial charge in [0.15, 0.2) is 5.16 Å². The molecule has 0 saturated heterocycles. The Kier molecular flexibility index (Phi) is 5.27. The van der Waals surface area contributed by atoms with Crippen LogP contribution in [0.4, 0.5) is 5.95 Å². The van der Waals surface area contributed by atoms with Gasteiger partial charge < -0.3 is 11.1 Å². The van der Waals surface area contributed by atoms with Crippen molar-refractivity contribution in [3.63, 3.8) is 0 Å². The van der Waals surface area contributed by atoms with Crippen LogP contribution in [-0.2, 0) is 4.79 Å². The van der Waals surface area contributed by atoms with Gasteiger partial charge in [0, 0.05) is 25.3 Å². The maximum atomic E-state index is 11.0. The smallest absolute Gasteiger partial charge is 0.222 e. The lowest BCUT2D eigenvalue weighted by Gasteiger charge is -2.10. The highest BCUT2D eigenvalue weighted by Crippen LogP contribution is 2.23. The molecule has 0 aliphatic rings. The number of thioether (sulfide) groups is 1. The fraction of sp³-hybridized carbons (Fsp3) is 0.700. The number of hydrogen-bond donors (Lipinski definition) is 2. The summed E-state index contributed by atoms with van der Waals surface area (Å²) >= 11 is 1.58. The molecule has 0 bridgehead atoms. The Morgan fingerprint density at radius 2 is 2.24 bits per heavy atom. The van der Waals surface area contributed by atoms with E-state index in [4.69, 9.17) is 5.73 Å². The summed E-state index contributed by atoms with van der Waals surface area (Å²) in [7, 11) is 1.64. The van der Waals surface area contributed by atoms with Gasteiger partial charge in [-0.2, -0.15) is 0 Å². The average Bonchev–Trinajstić information content (AvgIpc) is 2.65. The van der Waals surface area contributed by atoms with Gasteiger partial charge >= 0.3 is 0 Å². The van der Waals surface area contributed by atoms with Gasteiger partial charge in [0.1, 0.15) is 0 Å². The zero-order chi connectivity index (χ0) is 12.8. The van der Waals surface area contributed by atoms with Crippen molar-refractivity contribution in [1.82, 2.24) is 20.1 Å². The second kappa shape index (κ2) is 6.48. The normalized spacial score (nSPS) is 10.8. The molecular weight excluding hydrogens is 238 g/mol. The summed E-state index contributed by atoms with van der Waals surface area (Å²) in [6.45, 7) is 4.07. The van der Waals surface area contributed by atoms with Crippen LogP contribution in [0.3, 0.4) is 0 Å². The topological polar surface area (TPSA) is 85.8 Å². The van der Waals surface area contributed by atoms with Crippen molar-refractivity contribution in [2.45, 2.75) is 37.9 Å². The molecule has 0 aliphatic carbocycles. The second-order valence-electron chi connectivity index (χ2n) is 3.93. The summed E-state index contributed by atoms with van der Waals surface area (Å²) in [5.74, 6) is 1.34. The highest BCUT2D eigenvalue weighted by atomic mass is 32.2. The Balaban J connectivity index is 2.44. The van der Waals surface area contributed by atoms with E-state index < -0.39 is 0 Å². The summed E-state index contributed by atoms with van der Waals surface area (Å²) in [6, 6.07) is 0.242. The van der Waals surface area contributed by atoms with E-state index in [2.05, 4.69) is 15.5 Å². The number of nitrogen functional groups attached to an aromatic ring is 1. The number of anilines is 1. The molecule has 6 nitrogen and oxygen atoms in total. The van der Waals surface area contributed by atoms with Crippen LogP contribution in [0.5, 0.6) is 0 Å². The SMILES string of the molecule is CNC(=O)CCCSc1nnc(N)n1C(C)C. The van der Waals surface area contributed by atoms with Crippen molar-refractivity contribution in [1.29, 1.82) is 0 Å². The quantitative estimate of drug-likeness (QED) is 0.588. The molecule has 1 heterocycles. The lowest BCUT2D eigenvalue weighted by Crippen LogP contribution is -2.17. The van der Waals surface area contributed by atoms with Crippen LogP contribution in [-0.4, -0.2) is 33.5 Å². The Morgan fingerprint density at radius 3 is 2.82 bits per heavy atom. The minimum absolute atomic E-state index is 0.0652. The Hall–Kier alpha value is -1.24. The first-order valence-corrected chi connectivity index (χ1v) is 6.58. The molecule has 17 heavy (non-hydrogen) atoms. The monoisotopic (exact) mass is 257 g/mol. The number of amides is 1. The number of hydrogen-bond acceptors (Lipinski definition) is 5. The van der Waals surface area contributed by atoms with Crippen LogP contribution >= 0.6 is 11.8 Å². The second-order valence-corrected chi connectivity index (χ2v) is 4.99. The third-order valence-electron chi connectivity index (χ3n) is 2.27. The minimum atomic E-state index is 0.0652.